The molecule has 1 N–H and O–H groups in total. The first kappa shape index (κ1) is 26.0. The molecule has 2 aromatic rings. The van der Waals surface area contributed by atoms with Crippen LogP contribution in [0, 0.1) is 0 Å². The monoisotopic (exact) mass is 499 g/mol. The van der Waals surface area contributed by atoms with E-state index in [1.54, 1.807) is 49.4 Å². The van der Waals surface area contributed by atoms with Gasteiger partial charge in [0.2, 0.25) is 21.8 Å². The molecular formula is C22H27Cl2N3O4S. The zero-order chi connectivity index (χ0) is 23.9. The van der Waals surface area contributed by atoms with Crippen molar-refractivity contribution in [3.63, 3.8) is 0 Å². The van der Waals surface area contributed by atoms with Gasteiger partial charge in [0.15, 0.2) is 0 Å². The van der Waals surface area contributed by atoms with E-state index >= 15 is 0 Å². The van der Waals surface area contributed by atoms with E-state index in [0.717, 1.165) is 22.5 Å². The van der Waals surface area contributed by atoms with E-state index in [-0.39, 0.29) is 18.1 Å². The molecule has 0 aliphatic rings. The second-order valence-corrected chi connectivity index (χ2v) is 10.1. The minimum atomic E-state index is -3.80. The van der Waals surface area contributed by atoms with Crippen molar-refractivity contribution in [2.75, 3.05) is 23.7 Å². The van der Waals surface area contributed by atoms with Gasteiger partial charge in [-0.05, 0) is 49.2 Å². The minimum Gasteiger partial charge on any atom is -0.354 e. The number of hydrogen-bond donors (Lipinski definition) is 1. The Hall–Kier alpha value is -2.29. The summed E-state index contributed by atoms with van der Waals surface area (Å²) in [5, 5.41) is 3.61. The molecule has 0 radical (unpaired) electrons. The van der Waals surface area contributed by atoms with Gasteiger partial charge in [0.05, 0.1) is 11.9 Å². The highest BCUT2D eigenvalue weighted by Gasteiger charge is 2.30. The summed E-state index contributed by atoms with van der Waals surface area (Å²) in [6, 6.07) is 12.3. The fraction of sp³-hybridized carbons (Fsp3) is 0.364. The lowest BCUT2D eigenvalue weighted by Gasteiger charge is -2.31. The van der Waals surface area contributed by atoms with E-state index < -0.39 is 28.5 Å². The fourth-order valence-corrected chi connectivity index (χ4v) is 4.29. The molecule has 0 spiro atoms. The summed E-state index contributed by atoms with van der Waals surface area (Å²) < 4.78 is 25.9. The van der Waals surface area contributed by atoms with Crippen LogP contribution in [-0.2, 0) is 26.2 Å². The lowest BCUT2D eigenvalue weighted by Crippen LogP contribution is -2.51. The van der Waals surface area contributed by atoms with E-state index in [1.807, 2.05) is 6.92 Å². The maximum absolute atomic E-state index is 13.3. The molecular weight excluding hydrogens is 473 g/mol. The summed E-state index contributed by atoms with van der Waals surface area (Å²) in [5.74, 6) is -0.856. The second kappa shape index (κ2) is 11.5. The molecule has 0 aliphatic heterocycles. The van der Waals surface area contributed by atoms with Gasteiger partial charge < -0.3 is 10.2 Å². The molecule has 32 heavy (non-hydrogen) atoms. The number of carbonyl (C=O) groups excluding carboxylic acids is 2. The second-order valence-electron chi connectivity index (χ2n) is 7.37. The van der Waals surface area contributed by atoms with Gasteiger partial charge in [-0.2, -0.15) is 0 Å². The molecule has 0 bridgehead atoms. The van der Waals surface area contributed by atoms with Crippen LogP contribution in [0.15, 0.2) is 48.5 Å². The van der Waals surface area contributed by atoms with Gasteiger partial charge in [0, 0.05) is 23.1 Å². The summed E-state index contributed by atoms with van der Waals surface area (Å²) in [4.78, 5) is 27.3. The summed E-state index contributed by atoms with van der Waals surface area (Å²) in [6.07, 6.45) is 1.76. The zero-order valence-corrected chi connectivity index (χ0v) is 20.5. The largest absolute Gasteiger partial charge is 0.354 e. The van der Waals surface area contributed by atoms with E-state index in [1.165, 1.54) is 11.0 Å². The van der Waals surface area contributed by atoms with Crippen molar-refractivity contribution in [3.8, 4) is 0 Å². The molecule has 174 valence electrons. The Kier molecular flexibility index (Phi) is 9.36. The highest BCUT2D eigenvalue weighted by atomic mass is 35.5. The van der Waals surface area contributed by atoms with Crippen molar-refractivity contribution < 1.29 is 18.0 Å². The molecule has 0 saturated heterocycles. The topological polar surface area (TPSA) is 86.8 Å². The summed E-state index contributed by atoms with van der Waals surface area (Å²) in [5.41, 5.74) is 0.980. The highest BCUT2D eigenvalue weighted by molar-refractivity contribution is 7.92. The molecule has 2 aromatic carbocycles. The number of sulfonamides is 1. The van der Waals surface area contributed by atoms with Gasteiger partial charge in [-0.3, -0.25) is 13.9 Å². The van der Waals surface area contributed by atoms with E-state index in [2.05, 4.69) is 5.32 Å². The molecule has 2 amide bonds. The van der Waals surface area contributed by atoms with Crippen LogP contribution in [0.4, 0.5) is 5.69 Å². The third-order valence-electron chi connectivity index (χ3n) is 4.73. The van der Waals surface area contributed by atoms with E-state index in [4.69, 9.17) is 23.2 Å². The van der Waals surface area contributed by atoms with Gasteiger partial charge in [0.1, 0.15) is 12.6 Å². The molecule has 2 rings (SSSR count). The summed E-state index contributed by atoms with van der Waals surface area (Å²) in [6.45, 7) is 3.62. The first-order valence-electron chi connectivity index (χ1n) is 10.1. The number of hydrogen-bond acceptors (Lipinski definition) is 4. The third-order valence-corrected chi connectivity index (χ3v) is 6.34. The molecule has 1 atom stereocenters. The number of nitrogens with zero attached hydrogens (tertiary/aromatic N) is 2. The van der Waals surface area contributed by atoms with Crippen LogP contribution >= 0.6 is 23.2 Å². The summed E-state index contributed by atoms with van der Waals surface area (Å²) >= 11 is 12.1. The first-order valence-corrected chi connectivity index (χ1v) is 12.7. The van der Waals surface area contributed by atoms with E-state index in [0.29, 0.717) is 16.6 Å². The number of amides is 2. The molecule has 10 heteroatoms. The molecule has 0 aliphatic carbocycles. The number of benzene rings is 2. The normalized spacial score (nSPS) is 12.2. The lowest BCUT2D eigenvalue weighted by atomic mass is 10.1. The molecule has 0 saturated carbocycles. The average molecular weight is 500 g/mol. The lowest BCUT2D eigenvalue weighted by molar-refractivity contribution is -0.139. The molecule has 0 fully saturated rings. The third kappa shape index (κ3) is 7.39. The Morgan fingerprint density at radius 3 is 2.25 bits per heavy atom. The minimum absolute atomic E-state index is 0.0905. The maximum Gasteiger partial charge on any atom is 0.244 e. The number of rotatable bonds is 10. The average Bonchev–Trinajstić information content (AvgIpc) is 2.72. The van der Waals surface area contributed by atoms with Crippen LogP contribution in [0.1, 0.15) is 25.8 Å². The fourth-order valence-electron chi connectivity index (χ4n) is 3.06. The Morgan fingerprint density at radius 1 is 1.06 bits per heavy atom. The van der Waals surface area contributed by atoms with Crippen LogP contribution in [0.25, 0.3) is 0 Å². The van der Waals surface area contributed by atoms with Crippen molar-refractivity contribution >= 4 is 50.7 Å². The Morgan fingerprint density at radius 2 is 1.69 bits per heavy atom. The van der Waals surface area contributed by atoms with Crippen LogP contribution in [0.5, 0.6) is 0 Å². The number of anilines is 1. The maximum atomic E-state index is 13.3. The van der Waals surface area contributed by atoms with Crippen molar-refractivity contribution in [2.45, 2.75) is 32.9 Å². The highest BCUT2D eigenvalue weighted by Crippen LogP contribution is 2.23. The zero-order valence-electron chi connectivity index (χ0n) is 18.2. The van der Waals surface area contributed by atoms with Gasteiger partial charge in [-0.1, -0.05) is 48.3 Å². The molecule has 0 unspecified atom stereocenters. The van der Waals surface area contributed by atoms with Crippen LogP contribution in [0.3, 0.4) is 0 Å². The Bertz CT molecular complexity index is 1060. The predicted octanol–water partition coefficient (Wildman–Crippen LogP) is 3.70. The molecule has 0 aromatic heterocycles. The SMILES string of the molecule is CCCNC(=O)[C@@H](C)N(Cc1cccc(Cl)c1)C(=O)CN(c1cccc(Cl)c1)S(C)(=O)=O. The van der Waals surface area contributed by atoms with Crippen molar-refractivity contribution in [3.05, 3.63) is 64.1 Å². The standard InChI is InChI=1S/C22H27Cl2N3O4S/c1-4-11-25-22(29)16(2)26(14-17-7-5-8-18(23)12-17)21(28)15-27(32(3,30)31)20-10-6-9-19(24)13-20/h5-10,12-13,16H,4,11,14-15H2,1-3H3,(H,25,29)/t16-/m1/s1. The van der Waals surface area contributed by atoms with Gasteiger partial charge >= 0.3 is 0 Å². The van der Waals surface area contributed by atoms with Crippen molar-refractivity contribution in [1.82, 2.24) is 10.2 Å². The molecule has 7 nitrogen and oxygen atoms in total. The van der Waals surface area contributed by atoms with Crippen molar-refractivity contribution in [2.24, 2.45) is 0 Å². The van der Waals surface area contributed by atoms with Gasteiger partial charge in [-0.25, -0.2) is 8.42 Å². The van der Waals surface area contributed by atoms with Crippen molar-refractivity contribution in [1.29, 1.82) is 0 Å². The number of halogens is 2. The van der Waals surface area contributed by atoms with Gasteiger partial charge in [-0.15, -0.1) is 0 Å². The molecule has 0 heterocycles. The number of carbonyl (C=O) groups is 2. The van der Waals surface area contributed by atoms with E-state index in [9.17, 15) is 18.0 Å². The predicted molar refractivity (Wildman–Crippen MR) is 128 cm³/mol. The Labute approximate surface area is 199 Å². The quantitative estimate of drug-likeness (QED) is 0.539. The van der Waals surface area contributed by atoms with Gasteiger partial charge in [0.25, 0.3) is 0 Å². The van der Waals surface area contributed by atoms with Crippen LogP contribution in [0.2, 0.25) is 10.0 Å². The smallest absolute Gasteiger partial charge is 0.244 e. The Balaban J connectivity index is 2.37. The summed E-state index contributed by atoms with van der Waals surface area (Å²) in [7, 11) is -3.80. The van der Waals surface area contributed by atoms with Crippen LogP contribution < -0.4 is 9.62 Å². The number of nitrogens with one attached hydrogen (secondary N) is 1. The van der Waals surface area contributed by atoms with Crippen LogP contribution in [-0.4, -0.2) is 50.5 Å². The first-order chi connectivity index (χ1) is 15.0.